The topological polar surface area (TPSA) is 57.5 Å². The summed E-state index contributed by atoms with van der Waals surface area (Å²) in [5.74, 6) is 0.0710. The number of methoxy groups -OCH3 is 1. The number of nitrogens with zero attached hydrogens (tertiary/aromatic N) is 2. The minimum Gasteiger partial charge on any atom is -0.484 e. The first kappa shape index (κ1) is 14.1. The van der Waals surface area contributed by atoms with Crippen LogP contribution in [0, 0.1) is 17.1 Å². The van der Waals surface area contributed by atoms with Crippen molar-refractivity contribution in [3.63, 3.8) is 0 Å². The third kappa shape index (κ3) is 2.67. The zero-order valence-corrected chi connectivity index (χ0v) is 11.9. The predicted octanol–water partition coefficient (Wildman–Crippen LogP) is 1.27. The number of nitriles is 1. The Balaban J connectivity index is 2.07. The zero-order chi connectivity index (χ0) is 14.8. The fraction of sp³-hybridized carbons (Fsp3) is 0.533. The molecule has 5 nitrogen and oxygen atoms in total. The number of halogens is 1. The van der Waals surface area contributed by atoms with E-state index < -0.39 is 5.82 Å². The van der Waals surface area contributed by atoms with Gasteiger partial charge in [-0.3, -0.25) is 0 Å². The van der Waals surface area contributed by atoms with E-state index >= 15 is 0 Å². The van der Waals surface area contributed by atoms with Crippen LogP contribution >= 0.6 is 0 Å². The quantitative estimate of drug-likeness (QED) is 0.889. The highest BCUT2D eigenvalue weighted by Gasteiger charge is 2.33. The van der Waals surface area contributed by atoms with Crippen LogP contribution in [-0.2, 0) is 4.74 Å². The molecule has 1 aromatic carbocycles. The number of hydrogen-bond donors (Lipinski definition) is 1. The number of nitrogens with one attached hydrogen (secondary N) is 1. The maximum atomic E-state index is 13.8. The molecule has 1 fully saturated rings. The number of hydrogen-bond acceptors (Lipinski definition) is 5. The van der Waals surface area contributed by atoms with Gasteiger partial charge in [-0.25, -0.2) is 4.39 Å². The van der Waals surface area contributed by atoms with Crippen molar-refractivity contribution in [1.82, 2.24) is 5.32 Å². The van der Waals surface area contributed by atoms with E-state index in [-0.39, 0.29) is 17.7 Å². The summed E-state index contributed by atoms with van der Waals surface area (Å²) in [6, 6.07) is 4.94. The fourth-order valence-corrected chi connectivity index (χ4v) is 3.09. The second-order valence-corrected chi connectivity index (χ2v) is 5.40. The van der Waals surface area contributed by atoms with Gasteiger partial charge in [0, 0.05) is 45.3 Å². The summed E-state index contributed by atoms with van der Waals surface area (Å²) in [6.45, 7) is 2.88. The van der Waals surface area contributed by atoms with Gasteiger partial charge in [-0.1, -0.05) is 0 Å². The minimum absolute atomic E-state index is 0.138. The smallest absolute Gasteiger partial charge is 0.161 e. The second kappa shape index (κ2) is 5.88. The van der Waals surface area contributed by atoms with Gasteiger partial charge in [0.1, 0.15) is 18.0 Å². The van der Waals surface area contributed by atoms with Crippen LogP contribution in [0.5, 0.6) is 5.75 Å². The van der Waals surface area contributed by atoms with E-state index in [9.17, 15) is 9.65 Å². The van der Waals surface area contributed by atoms with Gasteiger partial charge in [0.25, 0.3) is 0 Å². The number of benzene rings is 1. The maximum absolute atomic E-state index is 13.8. The van der Waals surface area contributed by atoms with Crippen LogP contribution in [0.25, 0.3) is 0 Å². The van der Waals surface area contributed by atoms with E-state index in [2.05, 4.69) is 10.2 Å². The first-order valence-electron chi connectivity index (χ1n) is 7.09. The summed E-state index contributed by atoms with van der Waals surface area (Å²) in [4.78, 5) is 2.14. The molecule has 0 aliphatic carbocycles. The highest BCUT2D eigenvalue weighted by atomic mass is 19.1. The third-order valence-corrected chi connectivity index (χ3v) is 3.99. The Labute approximate surface area is 123 Å². The molecule has 1 saturated heterocycles. The first-order chi connectivity index (χ1) is 10.2. The Bertz CT molecular complexity index is 573. The average Bonchev–Trinajstić information content (AvgIpc) is 2.64. The molecule has 0 spiro atoms. The van der Waals surface area contributed by atoms with Crippen LogP contribution in [0.3, 0.4) is 0 Å². The second-order valence-electron chi connectivity index (χ2n) is 5.40. The van der Waals surface area contributed by atoms with Gasteiger partial charge in [0.2, 0.25) is 0 Å². The Hall–Kier alpha value is -1.84. The standard InChI is InChI=1S/C15H18FN3O2/c1-20-9-13-6-12-8-18-2-3-19(12)14-5-11(16)4-10(7-17)15(14)21-13/h4-5,12-13,18H,2-3,6,8-9H2,1H3/t12-,13+/m1/s1. The Morgan fingerprint density at radius 3 is 3.19 bits per heavy atom. The fourth-order valence-electron chi connectivity index (χ4n) is 3.09. The van der Waals surface area contributed by atoms with Gasteiger partial charge in [-0.2, -0.15) is 5.26 Å². The van der Waals surface area contributed by atoms with Crippen molar-refractivity contribution in [3.8, 4) is 11.8 Å². The highest BCUT2D eigenvalue weighted by Crippen LogP contribution is 2.39. The van der Waals surface area contributed by atoms with Crippen LogP contribution in [0.15, 0.2) is 12.1 Å². The van der Waals surface area contributed by atoms with Crippen molar-refractivity contribution >= 4 is 5.69 Å². The summed E-state index contributed by atoms with van der Waals surface area (Å²) in [7, 11) is 1.63. The first-order valence-corrected chi connectivity index (χ1v) is 7.09. The molecule has 0 bridgehead atoms. The largest absolute Gasteiger partial charge is 0.484 e. The molecule has 6 heteroatoms. The molecule has 3 rings (SSSR count). The molecule has 0 aromatic heterocycles. The van der Waals surface area contributed by atoms with Gasteiger partial charge >= 0.3 is 0 Å². The van der Waals surface area contributed by atoms with Crippen molar-refractivity contribution in [2.75, 3.05) is 38.3 Å². The normalized spacial score (nSPS) is 24.3. The van der Waals surface area contributed by atoms with E-state index in [0.29, 0.717) is 18.0 Å². The number of ether oxygens (including phenoxy) is 2. The maximum Gasteiger partial charge on any atom is 0.161 e. The van der Waals surface area contributed by atoms with Crippen LogP contribution in [0.2, 0.25) is 0 Å². The number of piperazine rings is 1. The average molecular weight is 291 g/mol. The number of anilines is 1. The Morgan fingerprint density at radius 2 is 2.43 bits per heavy atom. The van der Waals surface area contributed by atoms with Crippen LogP contribution < -0.4 is 15.0 Å². The lowest BCUT2D eigenvalue weighted by Gasteiger charge is -2.37. The van der Waals surface area contributed by atoms with E-state index in [1.807, 2.05) is 6.07 Å². The van der Waals surface area contributed by atoms with Gasteiger partial charge in [0.15, 0.2) is 5.75 Å². The molecular formula is C15H18FN3O2. The Kier molecular flexibility index (Phi) is 3.95. The lowest BCUT2D eigenvalue weighted by molar-refractivity contribution is 0.0743. The lowest BCUT2D eigenvalue weighted by atomic mass is 10.1. The third-order valence-electron chi connectivity index (χ3n) is 3.99. The number of fused-ring (bicyclic) bond motifs is 3. The molecule has 0 radical (unpaired) electrons. The number of rotatable bonds is 2. The molecule has 2 atom stereocenters. The Morgan fingerprint density at radius 1 is 1.57 bits per heavy atom. The van der Waals surface area contributed by atoms with Gasteiger partial charge in [0.05, 0.1) is 17.9 Å². The van der Waals surface area contributed by atoms with Crippen LogP contribution in [0.4, 0.5) is 10.1 Å². The SMILES string of the molecule is COC[C@@H]1C[C@@H]2CNCCN2c2cc(F)cc(C#N)c2O1. The summed E-state index contributed by atoms with van der Waals surface area (Å²) in [5.41, 5.74) is 0.918. The van der Waals surface area contributed by atoms with Crippen molar-refractivity contribution in [2.45, 2.75) is 18.6 Å². The summed E-state index contributed by atoms with van der Waals surface area (Å²) in [5, 5.41) is 12.6. The van der Waals surface area contributed by atoms with Gasteiger partial charge in [-0.15, -0.1) is 0 Å². The minimum atomic E-state index is -0.406. The van der Waals surface area contributed by atoms with Crippen molar-refractivity contribution in [1.29, 1.82) is 5.26 Å². The van der Waals surface area contributed by atoms with E-state index in [4.69, 9.17) is 9.47 Å². The summed E-state index contributed by atoms with van der Waals surface area (Å²) in [6.07, 6.45) is 0.642. The molecule has 21 heavy (non-hydrogen) atoms. The van der Waals surface area contributed by atoms with E-state index in [1.165, 1.54) is 12.1 Å². The molecular weight excluding hydrogens is 273 g/mol. The van der Waals surface area contributed by atoms with Crippen LogP contribution in [0.1, 0.15) is 12.0 Å². The summed E-state index contributed by atoms with van der Waals surface area (Å²) < 4.78 is 25.0. The lowest BCUT2D eigenvalue weighted by Crippen LogP contribution is -2.52. The van der Waals surface area contributed by atoms with E-state index in [1.54, 1.807) is 7.11 Å². The molecule has 2 heterocycles. The molecule has 0 saturated carbocycles. The van der Waals surface area contributed by atoms with Crippen molar-refractivity contribution in [3.05, 3.63) is 23.5 Å². The zero-order valence-electron chi connectivity index (χ0n) is 11.9. The molecule has 2 aliphatic heterocycles. The van der Waals surface area contributed by atoms with Gasteiger partial charge < -0.3 is 19.7 Å². The monoisotopic (exact) mass is 291 g/mol. The molecule has 2 aliphatic rings. The molecule has 1 N–H and O–H groups in total. The molecule has 0 amide bonds. The summed E-state index contributed by atoms with van der Waals surface area (Å²) >= 11 is 0. The van der Waals surface area contributed by atoms with Crippen molar-refractivity contribution < 1.29 is 13.9 Å². The highest BCUT2D eigenvalue weighted by molar-refractivity contribution is 5.66. The van der Waals surface area contributed by atoms with Crippen molar-refractivity contribution in [2.24, 2.45) is 0 Å². The van der Waals surface area contributed by atoms with E-state index in [0.717, 1.165) is 26.1 Å². The molecule has 0 unspecified atom stereocenters. The molecule has 112 valence electrons. The predicted molar refractivity (Wildman–Crippen MR) is 76.0 cm³/mol. The molecule has 1 aromatic rings. The van der Waals surface area contributed by atoms with Gasteiger partial charge in [-0.05, 0) is 6.07 Å². The van der Waals surface area contributed by atoms with Crippen LogP contribution in [-0.4, -0.2) is 45.5 Å².